The Bertz CT molecular complexity index is 878. The molecule has 0 unspecified atom stereocenters. The molecule has 0 spiro atoms. The van der Waals surface area contributed by atoms with Gasteiger partial charge in [0.2, 0.25) is 0 Å². The molecule has 4 aromatic rings. The van der Waals surface area contributed by atoms with Gasteiger partial charge in [0.05, 0.1) is 17.3 Å². The quantitative estimate of drug-likeness (QED) is 0.602. The van der Waals surface area contributed by atoms with Crippen LogP contribution in [0.2, 0.25) is 0 Å². The summed E-state index contributed by atoms with van der Waals surface area (Å²) in [5.74, 6) is 0.773. The molecular weight excluding hydrogens is 278 g/mol. The second-order valence-electron chi connectivity index (χ2n) is 4.83. The zero-order valence-electron chi connectivity index (χ0n) is 11.6. The van der Waals surface area contributed by atoms with Crippen molar-refractivity contribution in [3.63, 3.8) is 0 Å². The summed E-state index contributed by atoms with van der Waals surface area (Å²) >= 11 is 0. The maximum atomic E-state index is 4.26. The highest BCUT2D eigenvalue weighted by molar-refractivity contribution is 5.85. The Morgan fingerprint density at radius 2 is 2.05 bits per heavy atom. The summed E-state index contributed by atoms with van der Waals surface area (Å²) < 4.78 is 1.83. The van der Waals surface area contributed by atoms with Gasteiger partial charge in [-0.2, -0.15) is 10.2 Å². The Morgan fingerprint density at radius 1 is 1.14 bits per heavy atom. The zero-order valence-corrected chi connectivity index (χ0v) is 11.6. The van der Waals surface area contributed by atoms with E-state index in [0.29, 0.717) is 6.54 Å². The third-order valence-corrected chi connectivity index (χ3v) is 3.41. The van der Waals surface area contributed by atoms with Crippen molar-refractivity contribution in [2.45, 2.75) is 6.54 Å². The smallest absolute Gasteiger partial charge is 0.160 e. The highest BCUT2D eigenvalue weighted by atomic mass is 15.3. The van der Waals surface area contributed by atoms with Crippen molar-refractivity contribution in [3.05, 3.63) is 60.8 Å². The predicted octanol–water partition coefficient (Wildman–Crippen LogP) is 2.15. The van der Waals surface area contributed by atoms with Crippen molar-refractivity contribution < 1.29 is 0 Å². The third kappa shape index (κ3) is 2.28. The Labute approximate surface area is 126 Å². The molecule has 7 heteroatoms. The van der Waals surface area contributed by atoms with Crippen LogP contribution in [0.4, 0.5) is 5.82 Å². The lowest BCUT2D eigenvalue weighted by Gasteiger charge is -2.07. The van der Waals surface area contributed by atoms with Crippen LogP contribution in [0.5, 0.6) is 0 Å². The highest BCUT2D eigenvalue weighted by Crippen LogP contribution is 2.17. The van der Waals surface area contributed by atoms with E-state index >= 15 is 0 Å². The van der Waals surface area contributed by atoms with E-state index in [1.54, 1.807) is 12.4 Å². The van der Waals surface area contributed by atoms with Gasteiger partial charge >= 0.3 is 0 Å². The van der Waals surface area contributed by atoms with E-state index in [1.165, 1.54) is 6.33 Å². The minimum Gasteiger partial charge on any atom is -0.365 e. The average Bonchev–Trinajstić information content (AvgIpc) is 3.24. The molecule has 0 atom stereocenters. The molecule has 2 N–H and O–H groups in total. The van der Waals surface area contributed by atoms with Gasteiger partial charge in [-0.1, -0.05) is 12.1 Å². The van der Waals surface area contributed by atoms with Crippen LogP contribution in [0.1, 0.15) is 5.56 Å². The summed E-state index contributed by atoms with van der Waals surface area (Å²) in [7, 11) is 0. The number of anilines is 1. The summed E-state index contributed by atoms with van der Waals surface area (Å²) in [5, 5.41) is 15.2. The molecule has 1 aromatic carbocycles. The Balaban J connectivity index is 1.51. The van der Waals surface area contributed by atoms with Crippen LogP contribution in [0.3, 0.4) is 0 Å². The molecule has 0 radical (unpaired) electrons. The number of hydrogen-bond donors (Lipinski definition) is 2. The maximum Gasteiger partial charge on any atom is 0.160 e. The van der Waals surface area contributed by atoms with Crippen LogP contribution in [0.25, 0.3) is 16.7 Å². The van der Waals surface area contributed by atoms with Crippen molar-refractivity contribution in [3.8, 4) is 5.69 Å². The topological polar surface area (TPSA) is 84.3 Å². The van der Waals surface area contributed by atoms with Gasteiger partial charge in [0.15, 0.2) is 5.65 Å². The van der Waals surface area contributed by atoms with Crippen LogP contribution in [0.15, 0.2) is 55.2 Å². The van der Waals surface area contributed by atoms with Crippen LogP contribution >= 0.6 is 0 Å². The highest BCUT2D eigenvalue weighted by Gasteiger charge is 2.05. The number of H-pyrrole nitrogens is 1. The molecule has 0 bridgehead atoms. The normalized spacial score (nSPS) is 10.9. The zero-order chi connectivity index (χ0) is 14.8. The molecule has 0 saturated heterocycles. The van der Waals surface area contributed by atoms with Gasteiger partial charge in [-0.3, -0.25) is 5.10 Å². The number of fused-ring (bicyclic) bond motifs is 1. The van der Waals surface area contributed by atoms with Crippen molar-refractivity contribution in [2.24, 2.45) is 0 Å². The lowest BCUT2D eigenvalue weighted by Crippen LogP contribution is -2.02. The molecule has 3 aromatic heterocycles. The molecule has 0 amide bonds. The summed E-state index contributed by atoms with van der Waals surface area (Å²) in [5.41, 5.74) is 2.92. The number of nitrogens with zero attached hydrogens (tertiary/aromatic N) is 5. The van der Waals surface area contributed by atoms with Crippen LogP contribution < -0.4 is 5.32 Å². The van der Waals surface area contributed by atoms with Crippen LogP contribution in [-0.4, -0.2) is 29.9 Å². The van der Waals surface area contributed by atoms with Gasteiger partial charge in [0, 0.05) is 18.9 Å². The fourth-order valence-electron chi connectivity index (χ4n) is 2.28. The number of benzene rings is 1. The molecule has 22 heavy (non-hydrogen) atoms. The monoisotopic (exact) mass is 291 g/mol. The summed E-state index contributed by atoms with van der Waals surface area (Å²) in [6.07, 6.45) is 6.92. The van der Waals surface area contributed by atoms with E-state index in [0.717, 1.165) is 28.1 Å². The number of aromatic nitrogens is 6. The van der Waals surface area contributed by atoms with E-state index in [-0.39, 0.29) is 0 Å². The van der Waals surface area contributed by atoms with Crippen molar-refractivity contribution in [2.75, 3.05) is 5.32 Å². The van der Waals surface area contributed by atoms with E-state index < -0.39 is 0 Å². The Hall–Kier alpha value is -3.22. The van der Waals surface area contributed by atoms with Gasteiger partial charge in [-0.05, 0) is 23.8 Å². The van der Waals surface area contributed by atoms with Gasteiger partial charge in [0.25, 0.3) is 0 Å². The van der Waals surface area contributed by atoms with Crippen LogP contribution in [0, 0.1) is 0 Å². The van der Waals surface area contributed by atoms with Crippen molar-refractivity contribution in [1.82, 2.24) is 29.9 Å². The van der Waals surface area contributed by atoms with Crippen LogP contribution in [-0.2, 0) is 6.54 Å². The van der Waals surface area contributed by atoms with E-state index in [1.807, 2.05) is 29.1 Å². The largest absolute Gasteiger partial charge is 0.365 e. The summed E-state index contributed by atoms with van der Waals surface area (Å²) in [6, 6.07) is 10.1. The van der Waals surface area contributed by atoms with Gasteiger partial charge in [0.1, 0.15) is 12.1 Å². The van der Waals surface area contributed by atoms with E-state index in [2.05, 4.69) is 42.7 Å². The predicted molar refractivity (Wildman–Crippen MR) is 82.6 cm³/mol. The van der Waals surface area contributed by atoms with Gasteiger partial charge in [-0.15, -0.1) is 0 Å². The Morgan fingerprint density at radius 3 is 2.86 bits per heavy atom. The fraction of sp³-hybridized carbons (Fsp3) is 0.0667. The fourth-order valence-corrected chi connectivity index (χ4v) is 2.28. The second-order valence-corrected chi connectivity index (χ2v) is 4.83. The second kappa shape index (κ2) is 5.28. The van der Waals surface area contributed by atoms with Crippen molar-refractivity contribution in [1.29, 1.82) is 0 Å². The molecular formula is C15H13N7. The molecule has 7 nitrogen and oxygen atoms in total. The first-order chi connectivity index (χ1) is 10.9. The lowest BCUT2D eigenvalue weighted by molar-refractivity contribution is 0.879. The first-order valence-electron chi connectivity index (χ1n) is 6.87. The van der Waals surface area contributed by atoms with Gasteiger partial charge in [-0.25, -0.2) is 14.6 Å². The number of aromatic amines is 1. The molecule has 0 aliphatic carbocycles. The number of rotatable bonds is 4. The lowest BCUT2D eigenvalue weighted by atomic mass is 10.2. The molecule has 4 rings (SSSR count). The number of nitrogens with one attached hydrogen (secondary N) is 2. The SMILES string of the molecule is c1cnn(-c2ccc(CNc3ncnc4[nH]ncc34)cc2)c1. The average molecular weight is 291 g/mol. The maximum absolute atomic E-state index is 4.26. The standard InChI is InChI=1S/C15H13N7/c1-6-20-22(7-1)12-4-2-11(3-5-12)8-16-14-13-9-19-21-15(13)18-10-17-14/h1-7,9-10H,8H2,(H2,16,17,18,19,21). The first-order valence-corrected chi connectivity index (χ1v) is 6.87. The van der Waals surface area contributed by atoms with Crippen molar-refractivity contribution >= 4 is 16.9 Å². The van der Waals surface area contributed by atoms with Gasteiger partial charge < -0.3 is 5.32 Å². The molecule has 0 saturated carbocycles. The van der Waals surface area contributed by atoms with E-state index in [9.17, 15) is 0 Å². The number of hydrogen-bond acceptors (Lipinski definition) is 5. The minimum atomic E-state index is 0.677. The Kier molecular flexibility index (Phi) is 3.01. The molecule has 0 aliphatic rings. The molecule has 108 valence electrons. The van der Waals surface area contributed by atoms with E-state index in [4.69, 9.17) is 0 Å². The third-order valence-electron chi connectivity index (χ3n) is 3.41. The molecule has 0 fully saturated rings. The first kappa shape index (κ1) is 12.5. The summed E-state index contributed by atoms with van der Waals surface area (Å²) in [4.78, 5) is 8.37. The summed E-state index contributed by atoms with van der Waals surface area (Å²) in [6.45, 7) is 0.677. The minimum absolute atomic E-state index is 0.677. The molecule has 3 heterocycles. The molecule has 0 aliphatic heterocycles.